The zero-order valence-corrected chi connectivity index (χ0v) is 13.8. The Morgan fingerprint density at radius 3 is 2.10 bits per heavy atom. The molecule has 0 amide bonds. The van der Waals surface area contributed by atoms with E-state index in [9.17, 15) is 0 Å². The van der Waals surface area contributed by atoms with Gasteiger partial charge in [-0.05, 0) is 43.1 Å². The SMILES string of the molecule is Br.COc1ccc(CCNCc2ccc(C)cc2)cc1. The molecular weight excluding hydrogens is 314 g/mol. The Kier molecular flexibility index (Phi) is 7.34. The van der Waals surface area contributed by atoms with Gasteiger partial charge in [-0.1, -0.05) is 42.0 Å². The van der Waals surface area contributed by atoms with E-state index >= 15 is 0 Å². The summed E-state index contributed by atoms with van der Waals surface area (Å²) in [5.41, 5.74) is 3.97. The minimum Gasteiger partial charge on any atom is -0.497 e. The summed E-state index contributed by atoms with van der Waals surface area (Å²) in [6, 6.07) is 16.9. The molecule has 0 aliphatic carbocycles. The van der Waals surface area contributed by atoms with E-state index in [2.05, 4.69) is 48.6 Å². The van der Waals surface area contributed by atoms with Crippen molar-refractivity contribution in [1.82, 2.24) is 5.32 Å². The first-order valence-corrected chi connectivity index (χ1v) is 6.67. The second-order valence-corrected chi connectivity index (χ2v) is 4.76. The molecule has 0 unspecified atom stereocenters. The summed E-state index contributed by atoms with van der Waals surface area (Å²) in [7, 11) is 1.69. The van der Waals surface area contributed by atoms with E-state index in [1.165, 1.54) is 16.7 Å². The molecule has 0 atom stereocenters. The van der Waals surface area contributed by atoms with Crippen molar-refractivity contribution in [3.05, 3.63) is 65.2 Å². The molecule has 3 heteroatoms. The van der Waals surface area contributed by atoms with Crippen LogP contribution in [0.5, 0.6) is 5.75 Å². The number of hydrogen-bond donors (Lipinski definition) is 1. The first kappa shape index (κ1) is 16.7. The molecule has 1 N–H and O–H groups in total. The first-order valence-electron chi connectivity index (χ1n) is 6.67. The number of rotatable bonds is 6. The van der Waals surface area contributed by atoms with E-state index in [4.69, 9.17) is 4.74 Å². The highest BCUT2D eigenvalue weighted by atomic mass is 79.9. The van der Waals surface area contributed by atoms with Gasteiger partial charge in [0.25, 0.3) is 0 Å². The van der Waals surface area contributed by atoms with Crippen molar-refractivity contribution in [3.8, 4) is 5.75 Å². The third-order valence-electron chi connectivity index (χ3n) is 3.20. The zero-order chi connectivity index (χ0) is 13.5. The van der Waals surface area contributed by atoms with Gasteiger partial charge in [-0.2, -0.15) is 0 Å². The van der Waals surface area contributed by atoms with Gasteiger partial charge in [0.1, 0.15) is 5.75 Å². The second kappa shape index (κ2) is 8.77. The summed E-state index contributed by atoms with van der Waals surface area (Å²) in [5, 5.41) is 3.47. The average Bonchev–Trinajstić information content (AvgIpc) is 2.46. The summed E-state index contributed by atoms with van der Waals surface area (Å²) in [6.07, 6.45) is 1.04. The number of halogens is 1. The Labute approximate surface area is 131 Å². The van der Waals surface area contributed by atoms with Crippen LogP contribution in [0.25, 0.3) is 0 Å². The molecule has 0 spiro atoms. The maximum absolute atomic E-state index is 5.15. The van der Waals surface area contributed by atoms with E-state index < -0.39 is 0 Å². The predicted octanol–water partition coefficient (Wildman–Crippen LogP) is 3.91. The Morgan fingerprint density at radius 1 is 0.900 bits per heavy atom. The Hall–Kier alpha value is -1.32. The third-order valence-corrected chi connectivity index (χ3v) is 3.20. The third kappa shape index (κ3) is 5.35. The van der Waals surface area contributed by atoms with Crippen LogP contribution in [0.1, 0.15) is 16.7 Å². The van der Waals surface area contributed by atoms with Gasteiger partial charge in [0.05, 0.1) is 7.11 Å². The predicted molar refractivity (Wildman–Crippen MR) is 89.9 cm³/mol. The molecule has 2 nitrogen and oxygen atoms in total. The average molecular weight is 336 g/mol. The molecule has 0 aliphatic rings. The monoisotopic (exact) mass is 335 g/mol. The number of hydrogen-bond acceptors (Lipinski definition) is 2. The first-order chi connectivity index (χ1) is 9.28. The highest BCUT2D eigenvalue weighted by Gasteiger charge is 1.96. The van der Waals surface area contributed by atoms with E-state index in [0.29, 0.717) is 0 Å². The normalized spacial score (nSPS) is 9.90. The summed E-state index contributed by atoms with van der Waals surface area (Å²) in [4.78, 5) is 0. The number of methoxy groups -OCH3 is 1. The molecule has 2 aromatic rings. The summed E-state index contributed by atoms with van der Waals surface area (Å²) in [6.45, 7) is 4.03. The summed E-state index contributed by atoms with van der Waals surface area (Å²) in [5.74, 6) is 0.913. The van der Waals surface area contributed by atoms with Crippen LogP contribution in [0, 0.1) is 6.92 Å². The van der Waals surface area contributed by atoms with Crippen molar-refractivity contribution in [2.24, 2.45) is 0 Å². The minimum absolute atomic E-state index is 0. The quantitative estimate of drug-likeness (QED) is 0.808. The smallest absolute Gasteiger partial charge is 0.118 e. The minimum atomic E-state index is 0. The van der Waals surface area contributed by atoms with Crippen LogP contribution in [-0.4, -0.2) is 13.7 Å². The fourth-order valence-corrected chi connectivity index (χ4v) is 1.96. The van der Waals surface area contributed by atoms with E-state index in [1.807, 2.05) is 12.1 Å². The highest BCUT2D eigenvalue weighted by molar-refractivity contribution is 8.93. The molecule has 2 rings (SSSR count). The van der Waals surface area contributed by atoms with Crippen molar-refractivity contribution in [1.29, 1.82) is 0 Å². The molecule has 0 saturated carbocycles. The van der Waals surface area contributed by atoms with Gasteiger partial charge in [0.15, 0.2) is 0 Å². The molecule has 0 fully saturated rings. The van der Waals surface area contributed by atoms with Gasteiger partial charge in [-0.3, -0.25) is 0 Å². The number of benzene rings is 2. The number of ether oxygens (including phenoxy) is 1. The molecule has 0 saturated heterocycles. The Morgan fingerprint density at radius 2 is 1.50 bits per heavy atom. The Balaban J connectivity index is 0.00000200. The van der Waals surface area contributed by atoms with Crippen LogP contribution in [0.15, 0.2) is 48.5 Å². The summed E-state index contributed by atoms with van der Waals surface area (Å²) < 4.78 is 5.15. The van der Waals surface area contributed by atoms with Gasteiger partial charge in [-0.25, -0.2) is 0 Å². The Bertz CT molecular complexity index is 493. The van der Waals surface area contributed by atoms with Crippen molar-refractivity contribution >= 4 is 17.0 Å². The number of nitrogens with one attached hydrogen (secondary N) is 1. The lowest BCUT2D eigenvalue weighted by atomic mass is 10.1. The fourth-order valence-electron chi connectivity index (χ4n) is 1.96. The van der Waals surface area contributed by atoms with Crippen LogP contribution in [0.3, 0.4) is 0 Å². The molecular formula is C17H22BrNO. The topological polar surface area (TPSA) is 21.3 Å². The molecule has 0 aliphatic heterocycles. The lowest BCUT2D eigenvalue weighted by molar-refractivity contribution is 0.414. The number of aryl methyl sites for hydroxylation is 1. The highest BCUT2D eigenvalue weighted by Crippen LogP contribution is 2.11. The van der Waals surface area contributed by atoms with Crippen LogP contribution in [-0.2, 0) is 13.0 Å². The van der Waals surface area contributed by atoms with Crippen LogP contribution < -0.4 is 10.1 Å². The maximum Gasteiger partial charge on any atom is 0.118 e. The molecule has 0 bridgehead atoms. The maximum atomic E-state index is 5.15. The molecule has 108 valence electrons. The second-order valence-electron chi connectivity index (χ2n) is 4.76. The molecule has 0 aromatic heterocycles. The largest absolute Gasteiger partial charge is 0.497 e. The fraction of sp³-hybridized carbons (Fsp3) is 0.294. The van der Waals surface area contributed by atoms with Gasteiger partial charge < -0.3 is 10.1 Å². The van der Waals surface area contributed by atoms with Crippen molar-refractivity contribution in [3.63, 3.8) is 0 Å². The van der Waals surface area contributed by atoms with Gasteiger partial charge >= 0.3 is 0 Å². The van der Waals surface area contributed by atoms with E-state index in [-0.39, 0.29) is 17.0 Å². The molecule has 0 heterocycles. The van der Waals surface area contributed by atoms with Crippen LogP contribution in [0.2, 0.25) is 0 Å². The van der Waals surface area contributed by atoms with Crippen LogP contribution >= 0.6 is 17.0 Å². The zero-order valence-electron chi connectivity index (χ0n) is 12.1. The van der Waals surface area contributed by atoms with Gasteiger partial charge in [0.2, 0.25) is 0 Å². The van der Waals surface area contributed by atoms with Crippen molar-refractivity contribution in [2.45, 2.75) is 19.9 Å². The lowest BCUT2D eigenvalue weighted by Crippen LogP contribution is -2.16. The van der Waals surface area contributed by atoms with Crippen molar-refractivity contribution < 1.29 is 4.74 Å². The van der Waals surface area contributed by atoms with Gasteiger partial charge in [0, 0.05) is 6.54 Å². The van der Waals surface area contributed by atoms with Crippen molar-refractivity contribution in [2.75, 3.05) is 13.7 Å². The summed E-state index contributed by atoms with van der Waals surface area (Å²) >= 11 is 0. The lowest BCUT2D eigenvalue weighted by Gasteiger charge is -2.06. The standard InChI is InChI=1S/C17H21NO.BrH/c1-14-3-5-16(6-4-14)13-18-12-11-15-7-9-17(19-2)10-8-15;/h3-10,18H,11-13H2,1-2H3;1H. The van der Waals surface area contributed by atoms with E-state index in [1.54, 1.807) is 7.11 Å². The van der Waals surface area contributed by atoms with E-state index in [0.717, 1.165) is 25.3 Å². The molecule has 20 heavy (non-hydrogen) atoms. The van der Waals surface area contributed by atoms with Crippen LogP contribution in [0.4, 0.5) is 0 Å². The van der Waals surface area contributed by atoms with Gasteiger partial charge in [-0.15, -0.1) is 17.0 Å². The molecule has 2 aromatic carbocycles. The molecule has 0 radical (unpaired) electrons.